The lowest BCUT2D eigenvalue weighted by atomic mass is 9.94. The Morgan fingerprint density at radius 3 is 2.56 bits per heavy atom. The second-order valence-corrected chi connectivity index (χ2v) is 5.55. The van der Waals surface area contributed by atoms with Crippen molar-refractivity contribution >= 4 is 5.69 Å². The molecule has 0 aromatic heterocycles. The van der Waals surface area contributed by atoms with Crippen molar-refractivity contribution in [1.29, 1.82) is 0 Å². The van der Waals surface area contributed by atoms with E-state index in [2.05, 4.69) is 36.9 Å². The number of rotatable bonds is 4. The Kier molecular flexibility index (Phi) is 4.65. The van der Waals surface area contributed by atoms with Gasteiger partial charge in [0.2, 0.25) is 0 Å². The molecule has 0 saturated heterocycles. The van der Waals surface area contributed by atoms with E-state index in [-0.39, 0.29) is 0 Å². The van der Waals surface area contributed by atoms with Gasteiger partial charge in [-0.05, 0) is 43.5 Å². The first-order valence-corrected chi connectivity index (χ1v) is 7.29. The van der Waals surface area contributed by atoms with Crippen LogP contribution >= 0.6 is 0 Å². The van der Waals surface area contributed by atoms with E-state index in [0.717, 1.165) is 24.8 Å². The number of nitrogens with zero attached hydrogens (tertiary/aromatic N) is 1. The van der Waals surface area contributed by atoms with E-state index in [9.17, 15) is 0 Å². The third kappa shape index (κ3) is 3.26. The molecule has 1 aromatic carbocycles. The van der Waals surface area contributed by atoms with E-state index in [1.807, 2.05) is 0 Å². The van der Waals surface area contributed by atoms with Crippen molar-refractivity contribution in [2.45, 2.75) is 58.5 Å². The minimum Gasteiger partial charge on any atom is -0.399 e. The fourth-order valence-electron chi connectivity index (χ4n) is 2.97. The van der Waals surface area contributed by atoms with E-state index in [4.69, 9.17) is 5.73 Å². The number of hydrogen-bond donors (Lipinski definition) is 1. The van der Waals surface area contributed by atoms with Gasteiger partial charge < -0.3 is 5.73 Å². The van der Waals surface area contributed by atoms with Crippen molar-refractivity contribution in [3.63, 3.8) is 0 Å². The number of benzene rings is 1. The van der Waals surface area contributed by atoms with Crippen molar-refractivity contribution in [2.24, 2.45) is 0 Å². The zero-order chi connectivity index (χ0) is 13.0. The molecule has 2 N–H and O–H groups in total. The normalized spacial score (nSPS) is 17.3. The van der Waals surface area contributed by atoms with Crippen molar-refractivity contribution in [3.8, 4) is 0 Å². The lowest BCUT2D eigenvalue weighted by Gasteiger charge is -2.33. The van der Waals surface area contributed by atoms with Gasteiger partial charge in [-0.1, -0.05) is 38.3 Å². The number of aryl methyl sites for hydroxylation is 1. The van der Waals surface area contributed by atoms with Crippen LogP contribution in [0.2, 0.25) is 0 Å². The minimum absolute atomic E-state index is 0.784. The van der Waals surface area contributed by atoms with E-state index in [1.165, 1.54) is 43.2 Å². The second-order valence-electron chi connectivity index (χ2n) is 5.55. The number of nitrogen functional groups attached to an aromatic ring is 1. The molecule has 0 amide bonds. The van der Waals surface area contributed by atoms with Gasteiger partial charge in [-0.2, -0.15) is 0 Å². The molecule has 0 radical (unpaired) electrons. The molecule has 0 spiro atoms. The van der Waals surface area contributed by atoms with Crippen LogP contribution in [0, 0.1) is 6.92 Å². The highest BCUT2D eigenvalue weighted by atomic mass is 15.1. The maximum atomic E-state index is 6.00. The molecule has 0 bridgehead atoms. The Morgan fingerprint density at radius 2 is 1.94 bits per heavy atom. The summed E-state index contributed by atoms with van der Waals surface area (Å²) in [4.78, 5) is 2.61. The molecule has 2 nitrogen and oxygen atoms in total. The number of hydrogen-bond acceptors (Lipinski definition) is 2. The lowest BCUT2D eigenvalue weighted by molar-refractivity contribution is 0.156. The van der Waals surface area contributed by atoms with Gasteiger partial charge in [0.25, 0.3) is 0 Å². The summed E-state index contributed by atoms with van der Waals surface area (Å²) < 4.78 is 0. The van der Waals surface area contributed by atoms with Crippen LogP contribution in [0.15, 0.2) is 18.2 Å². The summed E-state index contributed by atoms with van der Waals surface area (Å²) in [6.07, 6.45) is 6.96. The van der Waals surface area contributed by atoms with Gasteiger partial charge in [-0.15, -0.1) is 0 Å². The summed E-state index contributed by atoms with van der Waals surface area (Å²) in [5.74, 6) is 0. The van der Waals surface area contributed by atoms with E-state index in [0.29, 0.717) is 0 Å². The Balaban J connectivity index is 2.02. The van der Waals surface area contributed by atoms with Crippen LogP contribution in [0.25, 0.3) is 0 Å². The SMILES string of the molecule is CCN(Cc1ccc(C)c(N)c1)C1CCCCC1. The molecular weight excluding hydrogens is 220 g/mol. The summed E-state index contributed by atoms with van der Waals surface area (Å²) in [7, 11) is 0. The quantitative estimate of drug-likeness (QED) is 0.820. The first-order valence-electron chi connectivity index (χ1n) is 7.29. The fraction of sp³-hybridized carbons (Fsp3) is 0.625. The maximum Gasteiger partial charge on any atom is 0.0346 e. The number of nitrogens with two attached hydrogens (primary N) is 1. The minimum atomic E-state index is 0.784. The molecule has 0 heterocycles. The maximum absolute atomic E-state index is 6.00. The predicted molar refractivity (Wildman–Crippen MR) is 78.5 cm³/mol. The molecular formula is C16H26N2. The highest BCUT2D eigenvalue weighted by Crippen LogP contribution is 2.24. The van der Waals surface area contributed by atoms with Gasteiger partial charge in [0, 0.05) is 18.3 Å². The Hall–Kier alpha value is -1.02. The fourth-order valence-corrected chi connectivity index (χ4v) is 2.97. The van der Waals surface area contributed by atoms with Crippen LogP contribution in [0.1, 0.15) is 50.2 Å². The zero-order valence-corrected chi connectivity index (χ0v) is 11.8. The predicted octanol–water partition coefficient (Wildman–Crippen LogP) is 3.73. The zero-order valence-electron chi connectivity index (χ0n) is 11.8. The Labute approximate surface area is 111 Å². The summed E-state index contributed by atoms with van der Waals surface area (Å²) in [5, 5.41) is 0. The highest BCUT2D eigenvalue weighted by molar-refractivity contribution is 5.48. The van der Waals surface area contributed by atoms with Crippen molar-refractivity contribution in [3.05, 3.63) is 29.3 Å². The first-order chi connectivity index (χ1) is 8.70. The molecule has 1 fully saturated rings. The highest BCUT2D eigenvalue weighted by Gasteiger charge is 2.19. The molecule has 2 rings (SSSR count). The summed E-state index contributed by atoms with van der Waals surface area (Å²) in [5.41, 5.74) is 9.45. The van der Waals surface area contributed by atoms with Crippen LogP contribution in [0.5, 0.6) is 0 Å². The molecule has 1 aliphatic carbocycles. The van der Waals surface area contributed by atoms with Gasteiger partial charge in [0.1, 0.15) is 0 Å². The van der Waals surface area contributed by atoms with Gasteiger partial charge >= 0.3 is 0 Å². The van der Waals surface area contributed by atoms with Gasteiger partial charge in [0.05, 0.1) is 0 Å². The van der Waals surface area contributed by atoms with Crippen LogP contribution in [-0.4, -0.2) is 17.5 Å². The summed E-state index contributed by atoms with van der Waals surface area (Å²) in [6.45, 7) is 6.52. The Morgan fingerprint density at radius 1 is 1.22 bits per heavy atom. The van der Waals surface area contributed by atoms with E-state index >= 15 is 0 Å². The molecule has 100 valence electrons. The third-order valence-corrected chi connectivity index (χ3v) is 4.23. The van der Waals surface area contributed by atoms with E-state index in [1.54, 1.807) is 0 Å². The largest absolute Gasteiger partial charge is 0.399 e. The molecule has 2 heteroatoms. The van der Waals surface area contributed by atoms with Gasteiger partial charge in [-0.25, -0.2) is 0 Å². The molecule has 1 aliphatic rings. The smallest absolute Gasteiger partial charge is 0.0346 e. The summed E-state index contributed by atoms with van der Waals surface area (Å²) in [6, 6.07) is 7.28. The van der Waals surface area contributed by atoms with Gasteiger partial charge in [-0.3, -0.25) is 4.90 Å². The first kappa shape index (κ1) is 13.4. The van der Waals surface area contributed by atoms with Crippen molar-refractivity contribution in [2.75, 3.05) is 12.3 Å². The van der Waals surface area contributed by atoms with Crippen molar-refractivity contribution in [1.82, 2.24) is 4.90 Å². The van der Waals surface area contributed by atoms with E-state index < -0.39 is 0 Å². The average Bonchev–Trinajstić information content (AvgIpc) is 2.41. The summed E-state index contributed by atoms with van der Waals surface area (Å²) >= 11 is 0. The molecule has 1 aromatic rings. The average molecular weight is 246 g/mol. The molecule has 0 atom stereocenters. The van der Waals surface area contributed by atoms with Gasteiger partial charge in [0.15, 0.2) is 0 Å². The topological polar surface area (TPSA) is 29.3 Å². The van der Waals surface area contributed by atoms with Crippen molar-refractivity contribution < 1.29 is 0 Å². The van der Waals surface area contributed by atoms with Crippen LogP contribution < -0.4 is 5.73 Å². The molecule has 18 heavy (non-hydrogen) atoms. The van der Waals surface area contributed by atoms with Crippen LogP contribution in [0.3, 0.4) is 0 Å². The lowest BCUT2D eigenvalue weighted by Crippen LogP contribution is -2.36. The Bertz CT molecular complexity index is 381. The molecule has 0 unspecified atom stereocenters. The standard InChI is InChI=1S/C16H26N2/c1-3-18(15-7-5-4-6-8-15)12-14-10-9-13(2)16(17)11-14/h9-11,15H,3-8,12,17H2,1-2H3. The van der Waals surface area contributed by atoms with Crippen LogP contribution in [-0.2, 0) is 6.54 Å². The number of anilines is 1. The molecule has 1 saturated carbocycles. The third-order valence-electron chi connectivity index (χ3n) is 4.23. The second kappa shape index (κ2) is 6.24. The molecule has 0 aliphatic heterocycles. The van der Waals surface area contributed by atoms with Crippen LogP contribution in [0.4, 0.5) is 5.69 Å². The monoisotopic (exact) mass is 246 g/mol.